The number of nitrogens with two attached hydrogens (primary N) is 1. The minimum atomic E-state index is -0.559. The van der Waals surface area contributed by atoms with E-state index in [0.29, 0.717) is 11.1 Å². The molecule has 0 fully saturated rings. The minimum Gasteiger partial charge on any atom is -0.506 e. The monoisotopic (exact) mass is 192 g/mol. The van der Waals surface area contributed by atoms with Gasteiger partial charge in [-0.2, -0.15) is 0 Å². The molecule has 0 radical (unpaired) electrons. The molecule has 1 aromatic carbocycles. The zero-order valence-corrected chi connectivity index (χ0v) is 7.82. The minimum absolute atomic E-state index is 0.0121. The lowest BCUT2D eigenvalue weighted by Gasteiger charge is -2.04. The fourth-order valence-corrected chi connectivity index (χ4v) is 1.14. The first kappa shape index (κ1) is 10.1. The van der Waals surface area contributed by atoms with Crippen molar-refractivity contribution in [1.29, 1.82) is 0 Å². The van der Waals surface area contributed by atoms with Gasteiger partial charge in [0.25, 0.3) is 0 Å². The number of aliphatic hydroxyl groups is 1. The first-order valence-corrected chi connectivity index (χ1v) is 4.12. The van der Waals surface area contributed by atoms with Crippen LogP contribution in [0.25, 0.3) is 5.76 Å². The standard InChI is InChI=1S/C10H12N2O2/c1-12-6-9(13)7-4-2-3-5-8(7)10(11)14/h2-6,12-13H,1H3,(H2,11,14)/b9-6-. The molecule has 0 heterocycles. The van der Waals surface area contributed by atoms with Crippen LogP contribution in [0.1, 0.15) is 15.9 Å². The van der Waals surface area contributed by atoms with Gasteiger partial charge in [-0.1, -0.05) is 18.2 Å². The summed E-state index contributed by atoms with van der Waals surface area (Å²) in [4.78, 5) is 11.0. The molecule has 4 heteroatoms. The predicted octanol–water partition coefficient (Wildman–Crippen LogP) is 0.861. The number of hydrogen-bond donors (Lipinski definition) is 3. The van der Waals surface area contributed by atoms with Crippen LogP contribution in [-0.2, 0) is 0 Å². The van der Waals surface area contributed by atoms with E-state index < -0.39 is 5.91 Å². The van der Waals surface area contributed by atoms with Crippen molar-refractivity contribution < 1.29 is 9.90 Å². The second kappa shape index (κ2) is 4.32. The summed E-state index contributed by atoms with van der Waals surface area (Å²) in [5.41, 5.74) is 5.88. The van der Waals surface area contributed by atoms with Crippen LogP contribution >= 0.6 is 0 Å². The molecule has 1 amide bonds. The van der Waals surface area contributed by atoms with Crippen LogP contribution < -0.4 is 11.1 Å². The van der Waals surface area contributed by atoms with Crippen LogP contribution in [0.15, 0.2) is 30.5 Å². The van der Waals surface area contributed by atoms with Gasteiger partial charge in [-0.15, -0.1) is 0 Å². The second-order valence-corrected chi connectivity index (χ2v) is 2.73. The fraction of sp³-hybridized carbons (Fsp3) is 0.100. The molecule has 74 valence electrons. The van der Waals surface area contributed by atoms with Crippen LogP contribution in [0.5, 0.6) is 0 Å². The van der Waals surface area contributed by atoms with E-state index >= 15 is 0 Å². The molecule has 14 heavy (non-hydrogen) atoms. The molecule has 0 aliphatic heterocycles. The molecule has 4 nitrogen and oxygen atoms in total. The Kier molecular flexibility index (Phi) is 3.12. The zero-order chi connectivity index (χ0) is 10.6. The Bertz CT molecular complexity index is 372. The number of nitrogens with one attached hydrogen (secondary N) is 1. The molecule has 0 spiro atoms. The molecule has 0 saturated carbocycles. The SMILES string of the molecule is CN/C=C(\O)c1ccccc1C(N)=O. The number of carbonyl (C=O) groups excluding carboxylic acids is 1. The highest BCUT2D eigenvalue weighted by Crippen LogP contribution is 2.15. The Morgan fingerprint density at radius 2 is 2.00 bits per heavy atom. The van der Waals surface area contributed by atoms with E-state index in [0.717, 1.165) is 0 Å². The van der Waals surface area contributed by atoms with Gasteiger partial charge in [0.1, 0.15) is 5.76 Å². The van der Waals surface area contributed by atoms with E-state index in [1.54, 1.807) is 31.3 Å². The lowest BCUT2D eigenvalue weighted by atomic mass is 10.1. The Hall–Kier alpha value is -1.97. The predicted molar refractivity (Wildman–Crippen MR) is 54.6 cm³/mol. The van der Waals surface area contributed by atoms with Crippen LogP contribution in [0, 0.1) is 0 Å². The fourth-order valence-electron chi connectivity index (χ4n) is 1.14. The van der Waals surface area contributed by atoms with Gasteiger partial charge < -0.3 is 16.2 Å². The van der Waals surface area contributed by atoms with E-state index in [-0.39, 0.29) is 5.76 Å². The van der Waals surface area contributed by atoms with Gasteiger partial charge in [0, 0.05) is 18.8 Å². The van der Waals surface area contributed by atoms with Crippen molar-refractivity contribution in [3.05, 3.63) is 41.6 Å². The molecule has 1 rings (SSSR count). The number of primary amides is 1. The Labute approximate surface area is 82.0 Å². The molecular formula is C10H12N2O2. The maximum absolute atomic E-state index is 11.0. The van der Waals surface area contributed by atoms with Crippen molar-refractivity contribution in [3.63, 3.8) is 0 Å². The highest BCUT2D eigenvalue weighted by Gasteiger charge is 2.09. The molecule has 0 aliphatic rings. The summed E-state index contributed by atoms with van der Waals surface area (Å²) in [6, 6.07) is 6.61. The molecule has 0 aliphatic carbocycles. The maximum atomic E-state index is 11.0. The van der Waals surface area contributed by atoms with Gasteiger partial charge in [0.2, 0.25) is 5.91 Å². The lowest BCUT2D eigenvalue weighted by molar-refractivity contribution is 0.0999. The number of carbonyl (C=O) groups is 1. The molecule has 1 aromatic rings. The lowest BCUT2D eigenvalue weighted by Crippen LogP contribution is -2.13. The van der Waals surface area contributed by atoms with Crippen molar-refractivity contribution in [3.8, 4) is 0 Å². The summed E-state index contributed by atoms with van der Waals surface area (Å²) in [7, 11) is 1.66. The van der Waals surface area contributed by atoms with Crippen molar-refractivity contribution in [2.24, 2.45) is 5.73 Å². The molecule has 4 N–H and O–H groups in total. The highest BCUT2D eigenvalue weighted by atomic mass is 16.3. The van der Waals surface area contributed by atoms with Gasteiger partial charge in [0.15, 0.2) is 0 Å². The van der Waals surface area contributed by atoms with Crippen LogP contribution in [0.4, 0.5) is 0 Å². The summed E-state index contributed by atoms with van der Waals surface area (Å²) < 4.78 is 0. The number of aliphatic hydroxyl groups excluding tert-OH is 1. The molecule has 0 unspecified atom stereocenters. The molecular weight excluding hydrogens is 180 g/mol. The first-order valence-electron chi connectivity index (χ1n) is 4.12. The summed E-state index contributed by atoms with van der Waals surface area (Å²) in [6.45, 7) is 0. The zero-order valence-electron chi connectivity index (χ0n) is 7.82. The van der Waals surface area contributed by atoms with E-state index in [1.165, 1.54) is 6.20 Å². The maximum Gasteiger partial charge on any atom is 0.249 e. The van der Waals surface area contributed by atoms with Crippen LogP contribution in [0.3, 0.4) is 0 Å². The summed E-state index contributed by atoms with van der Waals surface area (Å²) in [5.74, 6) is -0.571. The molecule has 0 atom stereocenters. The average Bonchev–Trinajstić information content (AvgIpc) is 2.18. The Morgan fingerprint density at radius 1 is 1.43 bits per heavy atom. The van der Waals surface area contributed by atoms with E-state index in [2.05, 4.69) is 5.32 Å². The third-order valence-electron chi connectivity index (χ3n) is 1.75. The third-order valence-corrected chi connectivity index (χ3v) is 1.75. The van der Waals surface area contributed by atoms with Gasteiger partial charge in [-0.25, -0.2) is 0 Å². The molecule has 0 aromatic heterocycles. The van der Waals surface area contributed by atoms with Crippen molar-refractivity contribution >= 4 is 11.7 Å². The van der Waals surface area contributed by atoms with E-state index in [9.17, 15) is 9.90 Å². The van der Waals surface area contributed by atoms with Gasteiger partial charge in [-0.05, 0) is 6.07 Å². The Balaban J connectivity index is 3.20. The van der Waals surface area contributed by atoms with Crippen molar-refractivity contribution in [2.45, 2.75) is 0 Å². The smallest absolute Gasteiger partial charge is 0.249 e. The quantitative estimate of drug-likeness (QED) is 0.622. The largest absolute Gasteiger partial charge is 0.506 e. The third kappa shape index (κ3) is 2.04. The number of rotatable bonds is 3. The van der Waals surface area contributed by atoms with Gasteiger partial charge in [-0.3, -0.25) is 4.79 Å². The molecule has 0 bridgehead atoms. The first-order chi connectivity index (χ1) is 6.66. The average molecular weight is 192 g/mol. The van der Waals surface area contributed by atoms with Crippen molar-refractivity contribution in [2.75, 3.05) is 7.05 Å². The van der Waals surface area contributed by atoms with Crippen LogP contribution in [0.2, 0.25) is 0 Å². The van der Waals surface area contributed by atoms with Crippen LogP contribution in [-0.4, -0.2) is 18.1 Å². The normalized spacial score (nSPS) is 11.1. The van der Waals surface area contributed by atoms with E-state index in [4.69, 9.17) is 5.73 Å². The highest BCUT2D eigenvalue weighted by molar-refractivity contribution is 5.97. The summed E-state index contributed by atoms with van der Waals surface area (Å²) in [6.07, 6.45) is 1.39. The van der Waals surface area contributed by atoms with E-state index in [1.807, 2.05) is 0 Å². The summed E-state index contributed by atoms with van der Waals surface area (Å²) in [5, 5.41) is 12.2. The Morgan fingerprint density at radius 3 is 2.50 bits per heavy atom. The number of benzene rings is 1. The molecule has 0 saturated heterocycles. The van der Waals surface area contributed by atoms with Crippen molar-refractivity contribution in [1.82, 2.24) is 5.32 Å². The number of amides is 1. The van der Waals surface area contributed by atoms with Gasteiger partial charge >= 0.3 is 0 Å². The topological polar surface area (TPSA) is 75.3 Å². The number of hydrogen-bond acceptors (Lipinski definition) is 3. The second-order valence-electron chi connectivity index (χ2n) is 2.73. The summed E-state index contributed by atoms with van der Waals surface area (Å²) >= 11 is 0. The van der Waals surface area contributed by atoms with Gasteiger partial charge in [0.05, 0.1) is 5.56 Å².